The van der Waals surface area contributed by atoms with Crippen molar-refractivity contribution in [3.63, 3.8) is 0 Å². The van der Waals surface area contributed by atoms with Gasteiger partial charge in [-0.15, -0.1) is 0 Å². The van der Waals surface area contributed by atoms with Crippen molar-refractivity contribution in [3.8, 4) is 11.5 Å². The number of carbonyl (C=O) groups is 1. The first-order valence-corrected chi connectivity index (χ1v) is 17.9. The summed E-state index contributed by atoms with van der Waals surface area (Å²) in [5, 5.41) is 0. The van der Waals surface area contributed by atoms with E-state index in [-0.39, 0.29) is 11.0 Å². The number of carbonyl (C=O) groups excluding carboxylic acids is 1. The van der Waals surface area contributed by atoms with Gasteiger partial charge in [0.25, 0.3) is 0 Å². The molecule has 2 aliphatic heterocycles. The van der Waals surface area contributed by atoms with E-state index in [4.69, 9.17) is 9.47 Å². The Balaban J connectivity index is 1.01. The van der Waals surface area contributed by atoms with Gasteiger partial charge in [-0.25, -0.2) is 0 Å². The zero-order valence-electron chi connectivity index (χ0n) is 27.8. The molecular weight excluding hydrogens is 554 g/mol. The van der Waals surface area contributed by atoms with Crippen LogP contribution in [0.4, 0.5) is 0 Å². The summed E-state index contributed by atoms with van der Waals surface area (Å²) in [7, 11) is 0. The molecule has 0 bridgehead atoms. The molecule has 4 aliphatic carbocycles. The van der Waals surface area contributed by atoms with Gasteiger partial charge in [0.05, 0.1) is 11.7 Å². The molecular formula is C41H51NO3. The molecule has 4 nitrogen and oxygen atoms in total. The molecule has 2 heterocycles. The summed E-state index contributed by atoms with van der Waals surface area (Å²) in [6, 6.07) is 19.2. The number of allylic oxidation sites excluding steroid dienone is 3. The van der Waals surface area contributed by atoms with Crippen LogP contribution in [0, 0.1) is 35.0 Å². The highest BCUT2D eigenvalue weighted by atomic mass is 16.5. The molecule has 238 valence electrons. The van der Waals surface area contributed by atoms with Gasteiger partial charge in [-0.05, 0) is 123 Å². The highest BCUT2D eigenvalue weighted by Gasteiger charge is 2.59. The van der Waals surface area contributed by atoms with Crippen LogP contribution in [-0.4, -0.2) is 35.0 Å². The molecule has 2 saturated heterocycles. The number of ether oxygens (including phenoxy) is 2. The molecule has 45 heavy (non-hydrogen) atoms. The third-order valence-electron chi connectivity index (χ3n) is 13.4. The fourth-order valence-corrected chi connectivity index (χ4v) is 11.2. The second kappa shape index (κ2) is 11.2. The van der Waals surface area contributed by atoms with Crippen molar-refractivity contribution in [1.29, 1.82) is 0 Å². The molecule has 4 fully saturated rings. The van der Waals surface area contributed by atoms with E-state index in [0.717, 1.165) is 56.2 Å². The van der Waals surface area contributed by atoms with Gasteiger partial charge in [0.2, 0.25) is 0 Å². The molecule has 0 N–H and O–H groups in total. The third kappa shape index (κ3) is 5.06. The molecule has 1 unspecified atom stereocenters. The summed E-state index contributed by atoms with van der Waals surface area (Å²) in [4.78, 5) is 15.1. The second-order valence-corrected chi connectivity index (χ2v) is 16.0. The first kappa shape index (κ1) is 29.7. The number of hydrogen-bond acceptors (Lipinski definition) is 4. The van der Waals surface area contributed by atoms with Crippen LogP contribution in [0.1, 0.15) is 91.0 Å². The Labute approximate surface area is 270 Å². The lowest BCUT2D eigenvalue weighted by molar-refractivity contribution is -0.116. The number of para-hydroxylation sites is 1. The number of benzene rings is 2. The van der Waals surface area contributed by atoms with Crippen LogP contribution in [-0.2, 0) is 16.1 Å². The predicted octanol–water partition coefficient (Wildman–Crippen LogP) is 9.31. The number of nitrogens with zero attached hydrogens (tertiary/aromatic N) is 1. The number of hydrogen-bond donors (Lipinski definition) is 0. The quantitative estimate of drug-likeness (QED) is 0.326. The van der Waals surface area contributed by atoms with Gasteiger partial charge < -0.3 is 9.47 Å². The molecule has 0 amide bonds. The lowest BCUT2D eigenvalue weighted by atomic mass is 9.56. The van der Waals surface area contributed by atoms with Crippen LogP contribution in [0.15, 0.2) is 77.4 Å². The van der Waals surface area contributed by atoms with Crippen LogP contribution < -0.4 is 4.74 Å². The van der Waals surface area contributed by atoms with Gasteiger partial charge in [0.1, 0.15) is 11.5 Å². The fourth-order valence-electron chi connectivity index (χ4n) is 11.2. The van der Waals surface area contributed by atoms with Gasteiger partial charge in [-0.3, -0.25) is 9.69 Å². The van der Waals surface area contributed by atoms with E-state index in [0.29, 0.717) is 41.6 Å². The zero-order chi connectivity index (χ0) is 30.9. The van der Waals surface area contributed by atoms with Crippen LogP contribution in [0.25, 0.3) is 0 Å². The number of ketones is 1. The number of rotatable bonds is 4. The van der Waals surface area contributed by atoms with Gasteiger partial charge >= 0.3 is 0 Å². The van der Waals surface area contributed by atoms with E-state index < -0.39 is 0 Å². The second-order valence-electron chi connectivity index (χ2n) is 16.0. The van der Waals surface area contributed by atoms with Crippen molar-refractivity contribution in [1.82, 2.24) is 4.90 Å². The Kier molecular flexibility index (Phi) is 7.41. The van der Waals surface area contributed by atoms with Crippen molar-refractivity contribution < 1.29 is 14.3 Å². The van der Waals surface area contributed by atoms with E-state index in [1.807, 2.05) is 36.4 Å². The van der Waals surface area contributed by atoms with Gasteiger partial charge in [0, 0.05) is 31.5 Å². The molecule has 4 heteroatoms. The predicted molar refractivity (Wildman–Crippen MR) is 179 cm³/mol. The monoisotopic (exact) mass is 605 g/mol. The minimum Gasteiger partial charge on any atom is -0.457 e. The molecule has 2 aromatic carbocycles. The van der Waals surface area contributed by atoms with Crippen molar-refractivity contribution >= 4 is 5.78 Å². The van der Waals surface area contributed by atoms with Crippen molar-refractivity contribution in [2.24, 2.45) is 35.0 Å². The Morgan fingerprint density at radius 3 is 2.56 bits per heavy atom. The van der Waals surface area contributed by atoms with Crippen molar-refractivity contribution in [3.05, 3.63) is 83.0 Å². The average molecular weight is 606 g/mol. The first-order chi connectivity index (χ1) is 21.7. The molecule has 1 spiro atoms. The average Bonchev–Trinajstić information content (AvgIpc) is 3.49. The van der Waals surface area contributed by atoms with E-state index >= 15 is 0 Å². The van der Waals surface area contributed by atoms with Crippen LogP contribution in [0.2, 0.25) is 0 Å². The summed E-state index contributed by atoms with van der Waals surface area (Å²) in [5.41, 5.74) is 6.39. The maximum absolute atomic E-state index is 12.3. The van der Waals surface area contributed by atoms with E-state index in [1.165, 1.54) is 43.2 Å². The molecule has 9 atom stereocenters. The van der Waals surface area contributed by atoms with Crippen LogP contribution >= 0.6 is 0 Å². The maximum Gasteiger partial charge on any atom is 0.155 e. The molecule has 2 aromatic rings. The smallest absolute Gasteiger partial charge is 0.155 e. The topological polar surface area (TPSA) is 38.8 Å². The van der Waals surface area contributed by atoms with Crippen LogP contribution in [0.3, 0.4) is 0 Å². The third-order valence-corrected chi connectivity index (χ3v) is 13.4. The standard InChI is InChI=1S/C41H51NO3/c1-26-20-38-39(42(24-26)25-29-10-13-33(14-11-29)44-32-8-6-5-7-9-32)28(3)41(45-38)19-17-34-35-15-12-30-21-31(43)16-18-40(30,4)37(35)22-36(34)27(2)23-41/h5-11,13-14,21,26,28,34-35,37-39H,12,15-20,22-25H2,1-4H3/t26-,28+,34?,35-,37-,38+,39-,40-,41-/m0/s1. The number of piperidine rings is 1. The molecule has 6 aliphatic rings. The first-order valence-electron chi connectivity index (χ1n) is 17.9. The minimum absolute atomic E-state index is 0.0527. The Morgan fingerprint density at radius 1 is 0.978 bits per heavy atom. The zero-order valence-corrected chi connectivity index (χ0v) is 27.8. The summed E-state index contributed by atoms with van der Waals surface area (Å²) < 4.78 is 13.4. The lowest BCUT2D eigenvalue weighted by Gasteiger charge is -2.48. The molecule has 0 aromatic heterocycles. The Morgan fingerprint density at radius 2 is 1.76 bits per heavy atom. The highest BCUT2D eigenvalue weighted by molar-refractivity contribution is 5.91. The fraction of sp³-hybridized carbons (Fsp3) is 0.585. The molecule has 0 radical (unpaired) electrons. The normalized spacial score (nSPS) is 39.5. The highest BCUT2D eigenvalue weighted by Crippen LogP contribution is 2.64. The number of likely N-dealkylation sites (tertiary alicyclic amines) is 1. The summed E-state index contributed by atoms with van der Waals surface area (Å²) in [6.07, 6.45) is 12.5. The largest absolute Gasteiger partial charge is 0.457 e. The van der Waals surface area contributed by atoms with E-state index in [2.05, 4.69) is 56.9 Å². The lowest BCUT2D eigenvalue weighted by Crippen LogP contribution is -2.51. The summed E-state index contributed by atoms with van der Waals surface area (Å²) in [6.45, 7) is 12.0. The minimum atomic E-state index is -0.0527. The SMILES string of the molecule is CC1=C2C[C@H]3[C@@H](CCC4=CC(=O)CC[C@@]43C)C2CC[C@@]2(C1)O[C@@H]1C[C@H](C)CN(Cc3ccc(Oc4ccccc4)cc3)[C@H]1[C@H]2C. The molecule has 8 rings (SSSR count). The summed E-state index contributed by atoms with van der Waals surface area (Å²) >= 11 is 0. The van der Waals surface area contributed by atoms with E-state index in [9.17, 15) is 4.79 Å². The summed E-state index contributed by atoms with van der Waals surface area (Å²) in [5.74, 6) is 5.43. The Hall–Kier alpha value is -2.69. The Bertz CT molecular complexity index is 1510. The van der Waals surface area contributed by atoms with Crippen LogP contribution in [0.5, 0.6) is 11.5 Å². The van der Waals surface area contributed by atoms with Crippen molar-refractivity contribution in [2.45, 2.75) is 110 Å². The van der Waals surface area contributed by atoms with Gasteiger partial charge in [0.15, 0.2) is 5.78 Å². The van der Waals surface area contributed by atoms with Gasteiger partial charge in [-0.2, -0.15) is 0 Å². The number of fused-ring (bicyclic) bond motifs is 6. The van der Waals surface area contributed by atoms with Crippen molar-refractivity contribution in [2.75, 3.05) is 6.54 Å². The van der Waals surface area contributed by atoms with Gasteiger partial charge in [-0.1, -0.05) is 67.8 Å². The van der Waals surface area contributed by atoms with E-state index in [1.54, 1.807) is 11.1 Å². The maximum atomic E-state index is 12.3. The molecule has 2 saturated carbocycles.